The lowest BCUT2D eigenvalue weighted by molar-refractivity contribution is 0.0669. The van der Waals surface area contributed by atoms with Gasteiger partial charge in [-0.15, -0.1) is 0 Å². The number of nitrogens with zero attached hydrogens (tertiary/aromatic N) is 2. The molecule has 0 amide bonds. The van der Waals surface area contributed by atoms with Gasteiger partial charge in [0.2, 0.25) is 0 Å². The molecule has 4 nitrogen and oxygen atoms in total. The summed E-state index contributed by atoms with van der Waals surface area (Å²) in [6, 6.07) is 0.535. The summed E-state index contributed by atoms with van der Waals surface area (Å²) in [6.45, 7) is 0. The summed E-state index contributed by atoms with van der Waals surface area (Å²) in [4.78, 5) is 0. The molecule has 1 fully saturated rings. The monoisotopic (exact) mass is 209 g/mol. The molecule has 0 bridgehead atoms. The van der Waals surface area contributed by atoms with Crippen molar-refractivity contribution in [1.29, 1.82) is 0 Å². The van der Waals surface area contributed by atoms with Crippen molar-refractivity contribution in [2.24, 2.45) is 7.05 Å². The van der Waals surface area contributed by atoms with Gasteiger partial charge >= 0.3 is 0 Å². The second-order valence-corrected chi connectivity index (χ2v) is 4.27. The minimum Gasteiger partial charge on any atom is -0.381 e. The van der Waals surface area contributed by atoms with Gasteiger partial charge in [-0.1, -0.05) is 0 Å². The average Bonchev–Trinajstić information content (AvgIpc) is 2.64. The molecule has 0 aliphatic heterocycles. The van der Waals surface area contributed by atoms with E-state index < -0.39 is 0 Å². The number of nitrogens with one attached hydrogen (secondary N) is 1. The highest BCUT2D eigenvalue weighted by Crippen LogP contribution is 2.23. The number of anilines is 1. The van der Waals surface area contributed by atoms with Crippen molar-refractivity contribution in [3.63, 3.8) is 0 Å². The van der Waals surface area contributed by atoms with Gasteiger partial charge in [-0.3, -0.25) is 4.68 Å². The summed E-state index contributed by atoms with van der Waals surface area (Å²) in [5.74, 6) is 0. The average molecular weight is 209 g/mol. The molecule has 2 rings (SSSR count). The number of aryl methyl sites for hydroxylation is 1. The fraction of sp³-hybridized carbons (Fsp3) is 0.727. The van der Waals surface area contributed by atoms with Crippen LogP contribution in [-0.4, -0.2) is 29.0 Å². The van der Waals surface area contributed by atoms with Crippen LogP contribution in [0.2, 0.25) is 0 Å². The summed E-state index contributed by atoms with van der Waals surface area (Å²) >= 11 is 0. The van der Waals surface area contributed by atoms with Crippen LogP contribution in [0, 0.1) is 0 Å². The van der Waals surface area contributed by atoms with Crippen molar-refractivity contribution in [3.8, 4) is 0 Å². The van der Waals surface area contributed by atoms with Gasteiger partial charge in [-0.25, -0.2) is 0 Å². The second kappa shape index (κ2) is 4.66. The first-order chi connectivity index (χ1) is 7.28. The Kier molecular flexibility index (Phi) is 3.26. The normalized spacial score (nSPS) is 26.5. The molecule has 1 heterocycles. The van der Waals surface area contributed by atoms with Gasteiger partial charge in [0.15, 0.2) is 0 Å². The highest BCUT2D eigenvalue weighted by Gasteiger charge is 2.21. The van der Waals surface area contributed by atoms with Crippen molar-refractivity contribution in [3.05, 3.63) is 12.4 Å². The molecule has 1 aliphatic carbocycles. The van der Waals surface area contributed by atoms with Crippen molar-refractivity contribution < 1.29 is 4.74 Å². The van der Waals surface area contributed by atoms with Crippen molar-refractivity contribution in [2.45, 2.75) is 37.8 Å². The van der Waals surface area contributed by atoms with Crippen LogP contribution in [0.5, 0.6) is 0 Å². The number of methoxy groups -OCH3 is 1. The largest absolute Gasteiger partial charge is 0.381 e. The highest BCUT2D eigenvalue weighted by atomic mass is 16.5. The zero-order chi connectivity index (χ0) is 10.7. The molecule has 1 aliphatic rings. The summed E-state index contributed by atoms with van der Waals surface area (Å²) < 4.78 is 7.22. The van der Waals surface area contributed by atoms with E-state index in [9.17, 15) is 0 Å². The Balaban J connectivity index is 1.88. The Morgan fingerprint density at radius 3 is 3.07 bits per heavy atom. The third kappa shape index (κ3) is 2.72. The van der Waals surface area contributed by atoms with E-state index in [1.807, 2.05) is 24.1 Å². The quantitative estimate of drug-likeness (QED) is 0.825. The van der Waals surface area contributed by atoms with E-state index >= 15 is 0 Å². The zero-order valence-corrected chi connectivity index (χ0v) is 9.44. The van der Waals surface area contributed by atoms with Crippen LogP contribution in [0.3, 0.4) is 0 Å². The van der Waals surface area contributed by atoms with E-state index in [0.717, 1.165) is 12.1 Å². The standard InChI is InChI=1S/C11H19N3O/c1-14-8-10(7-12-14)13-9-4-3-5-11(6-9)15-2/h7-9,11,13H,3-6H2,1-2H3. The molecular weight excluding hydrogens is 190 g/mol. The molecule has 1 aromatic heterocycles. The zero-order valence-electron chi connectivity index (χ0n) is 9.44. The van der Waals surface area contributed by atoms with Gasteiger partial charge in [-0.2, -0.15) is 5.10 Å². The van der Waals surface area contributed by atoms with Crippen LogP contribution in [0.25, 0.3) is 0 Å². The third-order valence-electron chi connectivity index (χ3n) is 3.04. The van der Waals surface area contributed by atoms with E-state index in [1.54, 1.807) is 7.11 Å². The molecule has 0 saturated heterocycles. The number of ether oxygens (including phenoxy) is 1. The molecular formula is C11H19N3O. The van der Waals surface area contributed by atoms with Crippen molar-refractivity contribution in [2.75, 3.05) is 12.4 Å². The van der Waals surface area contributed by atoms with Gasteiger partial charge in [-0.05, 0) is 25.7 Å². The van der Waals surface area contributed by atoms with E-state index in [4.69, 9.17) is 4.74 Å². The van der Waals surface area contributed by atoms with Crippen LogP contribution in [0.1, 0.15) is 25.7 Å². The lowest BCUT2D eigenvalue weighted by Gasteiger charge is -2.28. The minimum atomic E-state index is 0.424. The molecule has 84 valence electrons. The predicted octanol–water partition coefficient (Wildman–Crippen LogP) is 1.79. The molecule has 4 heteroatoms. The smallest absolute Gasteiger partial charge is 0.0728 e. The minimum absolute atomic E-state index is 0.424. The lowest BCUT2D eigenvalue weighted by atomic mass is 9.93. The first-order valence-electron chi connectivity index (χ1n) is 5.56. The van der Waals surface area contributed by atoms with E-state index in [2.05, 4.69) is 10.4 Å². The second-order valence-electron chi connectivity index (χ2n) is 4.27. The summed E-state index contributed by atoms with van der Waals surface area (Å²) in [5, 5.41) is 7.65. The van der Waals surface area contributed by atoms with E-state index in [-0.39, 0.29) is 0 Å². The van der Waals surface area contributed by atoms with Gasteiger partial charge < -0.3 is 10.1 Å². The lowest BCUT2D eigenvalue weighted by Crippen LogP contribution is -2.30. The predicted molar refractivity (Wildman–Crippen MR) is 59.9 cm³/mol. The SMILES string of the molecule is COC1CCCC(Nc2cnn(C)c2)C1. The Hall–Kier alpha value is -1.03. The number of aromatic nitrogens is 2. The molecule has 1 N–H and O–H groups in total. The molecule has 15 heavy (non-hydrogen) atoms. The highest BCUT2D eigenvalue weighted by molar-refractivity contribution is 5.39. The molecule has 2 unspecified atom stereocenters. The van der Waals surface area contributed by atoms with E-state index in [1.165, 1.54) is 19.3 Å². The maximum absolute atomic E-state index is 5.40. The summed E-state index contributed by atoms with van der Waals surface area (Å²) in [7, 11) is 3.74. The van der Waals surface area contributed by atoms with Crippen LogP contribution >= 0.6 is 0 Å². The molecule has 0 aromatic carbocycles. The van der Waals surface area contributed by atoms with Crippen LogP contribution in [0.15, 0.2) is 12.4 Å². The maximum Gasteiger partial charge on any atom is 0.0728 e. The molecule has 0 spiro atoms. The molecule has 0 radical (unpaired) electrons. The number of rotatable bonds is 3. The van der Waals surface area contributed by atoms with Gasteiger partial charge in [0.25, 0.3) is 0 Å². The summed E-state index contributed by atoms with van der Waals surface area (Å²) in [5.41, 5.74) is 1.11. The number of hydrogen-bond acceptors (Lipinski definition) is 3. The molecule has 2 atom stereocenters. The first kappa shape index (κ1) is 10.5. The van der Waals surface area contributed by atoms with Crippen molar-refractivity contribution in [1.82, 2.24) is 9.78 Å². The van der Waals surface area contributed by atoms with Crippen LogP contribution < -0.4 is 5.32 Å². The Morgan fingerprint density at radius 1 is 1.53 bits per heavy atom. The Labute approximate surface area is 90.6 Å². The first-order valence-corrected chi connectivity index (χ1v) is 5.56. The Bertz CT molecular complexity index is 311. The molecule has 1 saturated carbocycles. The van der Waals surface area contributed by atoms with Gasteiger partial charge in [0.05, 0.1) is 18.0 Å². The van der Waals surface area contributed by atoms with Gasteiger partial charge in [0.1, 0.15) is 0 Å². The summed E-state index contributed by atoms with van der Waals surface area (Å²) in [6.07, 6.45) is 9.08. The fourth-order valence-electron chi connectivity index (χ4n) is 2.22. The van der Waals surface area contributed by atoms with E-state index in [0.29, 0.717) is 12.1 Å². The number of hydrogen-bond donors (Lipinski definition) is 1. The topological polar surface area (TPSA) is 39.1 Å². The Morgan fingerprint density at radius 2 is 2.40 bits per heavy atom. The van der Waals surface area contributed by atoms with Gasteiger partial charge in [0, 0.05) is 26.4 Å². The van der Waals surface area contributed by atoms with Crippen LogP contribution in [-0.2, 0) is 11.8 Å². The van der Waals surface area contributed by atoms with Crippen molar-refractivity contribution >= 4 is 5.69 Å². The van der Waals surface area contributed by atoms with Crippen LogP contribution in [0.4, 0.5) is 5.69 Å². The third-order valence-corrected chi connectivity index (χ3v) is 3.04. The molecule has 1 aromatic rings. The maximum atomic E-state index is 5.40. The fourth-order valence-corrected chi connectivity index (χ4v) is 2.22.